The van der Waals surface area contributed by atoms with Gasteiger partial charge in [0.25, 0.3) is 0 Å². The highest BCUT2D eigenvalue weighted by molar-refractivity contribution is 6.74. The number of rotatable bonds is 3. The van der Waals surface area contributed by atoms with Crippen molar-refractivity contribution in [1.82, 2.24) is 9.97 Å². The lowest BCUT2D eigenvalue weighted by molar-refractivity contribution is 0.276. The van der Waals surface area contributed by atoms with Gasteiger partial charge >= 0.3 is 0 Å². The lowest BCUT2D eigenvalue weighted by Gasteiger charge is -2.36. The van der Waals surface area contributed by atoms with Crippen LogP contribution >= 0.6 is 11.6 Å². The summed E-state index contributed by atoms with van der Waals surface area (Å²) in [5.41, 5.74) is 8.68. The van der Waals surface area contributed by atoms with Crippen LogP contribution in [-0.4, -0.2) is 18.3 Å². The molecule has 3 aromatic rings. The molecule has 0 unspecified atom stereocenters. The van der Waals surface area contributed by atoms with Gasteiger partial charge in [-0.3, -0.25) is 0 Å². The highest BCUT2D eigenvalue weighted by Gasteiger charge is 2.37. The van der Waals surface area contributed by atoms with Gasteiger partial charge in [-0.15, -0.1) is 0 Å². The minimum atomic E-state index is -1.79. The van der Waals surface area contributed by atoms with E-state index in [4.69, 9.17) is 21.8 Å². The number of aromatic nitrogens is 2. The van der Waals surface area contributed by atoms with Crippen LogP contribution in [0.15, 0.2) is 30.3 Å². The van der Waals surface area contributed by atoms with Crippen LogP contribution in [-0.2, 0) is 11.0 Å². The third-order valence-corrected chi connectivity index (χ3v) is 9.79. The molecule has 3 rings (SSSR count). The van der Waals surface area contributed by atoms with Crippen LogP contribution in [0.25, 0.3) is 21.8 Å². The average Bonchev–Trinajstić information content (AvgIpc) is 2.52. The van der Waals surface area contributed by atoms with Gasteiger partial charge in [0, 0.05) is 10.8 Å². The van der Waals surface area contributed by atoms with Gasteiger partial charge in [0.15, 0.2) is 14.1 Å². The first-order valence-corrected chi connectivity index (χ1v) is 11.7. The Morgan fingerprint density at radius 1 is 1.08 bits per heavy atom. The summed E-state index contributed by atoms with van der Waals surface area (Å²) in [7, 11) is -1.79. The molecule has 0 fully saturated rings. The van der Waals surface area contributed by atoms with Crippen molar-refractivity contribution in [3.63, 3.8) is 0 Å². The van der Waals surface area contributed by atoms with Crippen molar-refractivity contribution in [3.8, 4) is 0 Å². The molecule has 0 bridgehead atoms. The maximum absolute atomic E-state index is 6.31. The number of anilines is 1. The van der Waals surface area contributed by atoms with Crippen LogP contribution < -0.4 is 5.73 Å². The number of fused-ring (bicyclic) bond motifs is 3. The highest BCUT2D eigenvalue weighted by Crippen LogP contribution is 2.37. The second-order valence-corrected chi connectivity index (χ2v) is 13.1. The zero-order chi connectivity index (χ0) is 18.4. The Labute approximate surface area is 154 Å². The lowest BCUT2D eigenvalue weighted by Crippen LogP contribution is -2.40. The number of nitrogens with two attached hydrogens (primary N) is 1. The normalized spacial score (nSPS) is 12.9. The summed E-state index contributed by atoms with van der Waals surface area (Å²) >= 11 is 5.98. The first kappa shape index (κ1) is 18.1. The molecule has 0 aliphatic carbocycles. The molecule has 0 spiro atoms. The summed E-state index contributed by atoms with van der Waals surface area (Å²) in [5, 5.41) is 2.58. The lowest BCUT2D eigenvalue weighted by atomic mass is 10.1. The maximum Gasteiger partial charge on any atom is 0.192 e. The number of benzene rings is 1. The molecular formula is C19H24ClN3OSi. The Morgan fingerprint density at radius 2 is 1.76 bits per heavy atom. The van der Waals surface area contributed by atoms with Crippen LogP contribution in [0, 0.1) is 0 Å². The summed E-state index contributed by atoms with van der Waals surface area (Å²) in [6, 6.07) is 9.91. The third-order valence-electron chi connectivity index (χ3n) is 5.10. The van der Waals surface area contributed by atoms with E-state index in [9.17, 15) is 0 Å². The molecule has 0 aliphatic heterocycles. The molecule has 2 heterocycles. The van der Waals surface area contributed by atoms with Gasteiger partial charge in [-0.1, -0.05) is 44.5 Å². The van der Waals surface area contributed by atoms with E-state index in [2.05, 4.69) is 56.0 Å². The zero-order valence-corrected chi connectivity index (χ0v) is 17.1. The fourth-order valence-electron chi connectivity index (χ4n) is 2.50. The number of hydrogen-bond donors (Lipinski definition) is 1. The van der Waals surface area contributed by atoms with Gasteiger partial charge in [0.1, 0.15) is 10.7 Å². The molecule has 132 valence electrons. The van der Waals surface area contributed by atoms with E-state index in [-0.39, 0.29) is 5.04 Å². The summed E-state index contributed by atoms with van der Waals surface area (Å²) in [6.07, 6.45) is 0. The summed E-state index contributed by atoms with van der Waals surface area (Å²) in [5.74, 6) is 0.396. The SMILES string of the molecule is CC(C)(C)[Si](C)(C)OCc1ccc2c(c1)nc(N)c1nc(Cl)ccc12. The first-order chi connectivity index (χ1) is 11.6. The van der Waals surface area contributed by atoms with Crippen LogP contribution in [0.1, 0.15) is 26.3 Å². The summed E-state index contributed by atoms with van der Waals surface area (Å²) in [6.45, 7) is 11.8. The average molecular weight is 374 g/mol. The molecule has 1 aromatic carbocycles. The van der Waals surface area contributed by atoms with Crippen molar-refractivity contribution in [2.24, 2.45) is 0 Å². The van der Waals surface area contributed by atoms with Crippen molar-refractivity contribution >= 4 is 47.5 Å². The van der Waals surface area contributed by atoms with Crippen LogP contribution in [0.4, 0.5) is 5.82 Å². The minimum absolute atomic E-state index is 0.188. The largest absolute Gasteiger partial charge is 0.413 e. The number of hydrogen-bond acceptors (Lipinski definition) is 4. The van der Waals surface area contributed by atoms with Crippen LogP contribution in [0.3, 0.4) is 0 Å². The third kappa shape index (κ3) is 3.49. The van der Waals surface area contributed by atoms with Gasteiger partial charge in [-0.2, -0.15) is 0 Å². The Kier molecular flexibility index (Phi) is 4.52. The molecule has 0 atom stereocenters. The topological polar surface area (TPSA) is 61.0 Å². The number of nitrogens with zero attached hydrogens (tertiary/aromatic N) is 2. The van der Waals surface area contributed by atoms with E-state index in [0.29, 0.717) is 23.1 Å². The Balaban J connectivity index is 1.98. The van der Waals surface area contributed by atoms with Crippen LogP contribution in [0.2, 0.25) is 23.3 Å². The maximum atomic E-state index is 6.31. The van der Waals surface area contributed by atoms with E-state index in [1.54, 1.807) is 6.07 Å². The van der Waals surface area contributed by atoms with E-state index in [1.807, 2.05) is 12.1 Å². The van der Waals surface area contributed by atoms with Gasteiger partial charge in [0.2, 0.25) is 0 Å². The number of halogens is 1. The molecule has 2 aromatic heterocycles. The van der Waals surface area contributed by atoms with Crippen molar-refractivity contribution in [2.75, 3.05) is 5.73 Å². The second kappa shape index (κ2) is 6.23. The van der Waals surface area contributed by atoms with Crippen LogP contribution in [0.5, 0.6) is 0 Å². The molecule has 0 aliphatic rings. The van der Waals surface area contributed by atoms with E-state index < -0.39 is 8.32 Å². The fourth-order valence-corrected chi connectivity index (χ4v) is 3.61. The Bertz CT molecular complexity index is 951. The van der Waals surface area contributed by atoms with Crippen molar-refractivity contribution < 1.29 is 4.43 Å². The van der Waals surface area contributed by atoms with Gasteiger partial charge in [0.05, 0.1) is 12.1 Å². The fraction of sp³-hybridized carbons (Fsp3) is 0.368. The standard InChI is InChI=1S/C19H24ClN3OSi/c1-19(2,3)25(4,5)24-11-12-6-7-13-14-8-9-16(20)23-17(14)18(21)22-15(13)10-12/h6-10H,11H2,1-5H3,(H2,21,22). The molecule has 6 heteroatoms. The van der Waals surface area contributed by atoms with E-state index in [1.165, 1.54) is 0 Å². The van der Waals surface area contributed by atoms with Crippen molar-refractivity contribution in [2.45, 2.75) is 45.5 Å². The van der Waals surface area contributed by atoms with Crippen molar-refractivity contribution in [3.05, 3.63) is 41.0 Å². The predicted molar refractivity (Wildman–Crippen MR) is 108 cm³/mol. The molecule has 0 saturated heterocycles. The van der Waals surface area contributed by atoms with Gasteiger partial charge < -0.3 is 10.2 Å². The first-order valence-electron chi connectivity index (χ1n) is 8.37. The predicted octanol–water partition coefficient (Wildman–Crippen LogP) is 5.54. The number of pyridine rings is 2. The Morgan fingerprint density at radius 3 is 2.44 bits per heavy atom. The quantitative estimate of drug-likeness (QED) is 0.372. The minimum Gasteiger partial charge on any atom is -0.413 e. The Hall–Kier alpha value is -1.69. The van der Waals surface area contributed by atoms with Crippen molar-refractivity contribution in [1.29, 1.82) is 0 Å². The monoisotopic (exact) mass is 373 g/mol. The van der Waals surface area contributed by atoms with Gasteiger partial charge in [-0.25, -0.2) is 9.97 Å². The smallest absolute Gasteiger partial charge is 0.192 e. The number of nitrogen functional groups attached to an aromatic ring is 1. The molecule has 0 amide bonds. The molecule has 0 radical (unpaired) electrons. The zero-order valence-electron chi connectivity index (χ0n) is 15.4. The molecule has 25 heavy (non-hydrogen) atoms. The summed E-state index contributed by atoms with van der Waals surface area (Å²) in [4.78, 5) is 8.81. The van der Waals surface area contributed by atoms with Gasteiger partial charge in [-0.05, 0) is 41.9 Å². The second-order valence-electron chi connectivity index (χ2n) is 7.93. The molecule has 2 N–H and O–H groups in total. The molecule has 0 saturated carbocycles. The molecule has 4 nitrogen and oxygen atoms in total. The van der Waals surface area contributed by atoms with E-state index in [0.717, 1.165) is 21.9 Å². The summed E-state index contributed by atoms with van der Waals surface area (Å²) < 4.78 is 6.31. The molecular weight excluding hydrogens is 350 g/mol. The highest BCUT2D eigenvalue weighted by atomic mass is 35.5. The van der Waals surface area contributed by atoms with E-state index >= 15 is 0 Å².